The standard InChI is InChI=1S/C20H32ClN3O3S2/c1-16(20(25)22-10-5-13-23-11-3-2-4-12-23)17-8-14-24(15-9-17)29(26,27)19-7-6-18(21)28-19/h6-7,16-17H,2-5,8-15H2,1H3,(H,22,25)/t16-/m0/s1. The summed E-state index contributed by atoms with van der Waals surface area (Å²) in [4.78, 5) is 15.0. The number of halogens is 1. The maximum atomic E-state index is 12.7. The number of carbonyl (C=O) groups is 1. The minimum Gasteiger partial charge on any atom is -0.356 e. The number of hydrogen-bond donors (Lipinski definition) is 1. The molecule has 0 radical (unpaired) electrons. The Morgan fingerprint density at radius 1 is 1.21 bits per heavy atom. The van der Waals surface area contributed by atoms with Crippen molar-refractivity contribution in [3.8, 4) is 0 Å². The minimum absolute atomic E-state index is 0.0916. The normalized spacial score (nSPS) is 21.2. The highest BCUT2D eigenvalue weighted by Gasteiger charge is 2.34. The highest BCUT2D eigenvalue weighted by atomic mass is 35.5. The van der Waals surface area contributed by atoms with E-state index < -0.39 is 10.0 Å². The van der Waals surface area contributed by atoms with Crippen LogP contribution in [-0.2, 0) is 14.8 Å². The van der Waals surface area contributed by atoms with Gasteiger partial charge in [-0.05, 0) is 69.8 Å². The van der Waals surface area contributed by atoms with Crippen LogP contribution in [0.5, 0.6) is 0 Å². The van der Waals surface area contributed by atoms with E-state index in [1.54, 1.807) is 12.1 Å². The van der Waals surface area contributed by atoms with Gasteiger partial charge in [0.1, 0.15) is 4.21 Å². The number of nitrogens with zero attached hydrogens (tertiary/aromatic N) is 2. The lowest BCUT2D eigenvalue weighted by Crippen LogP contribution is -2.42. The summed E-state index contributed by atoms with van der Waals surface area (Å²) in [5, 5.41) is 3.08. The van der Waals surface area contributed by atoms with Gasteiger partial charge < -0.3 is 10.2 Å². The topological polar surface area (TPSA) is 69.7 Å². The third kappa shape index (κ3) is 6.17. The van der Waals surface area contributed by atoms with Crippen LogP contribution in [0, 0.1) is 11.8 Å². The fourth-order valence-electron chi connectivity index (χ4n) is 4.25. The molecule has 0 bridgehead atoms. The molecule has 1 aromatic heterocycles. The average molecular weight is 462 g/mol. The zero-order chi connectivity index (χ0) is 20.9. The third-order valence-corrected chi connectivity index (χ3v) is 9.76. The van der Waals surface area contributed by atoms with E-state index in [0.717, 1.165) is 24.3 Å². The first-order valence-corrected chi connectivity index (χ1v) is 13.3. The van der Waals surface area contributed by atoms with Gasteiger partial charge in [0.2, 0.25) is 5.91 Å². The van der Waals surface area contributed by atoms with Gasteiger partial charge in [0.05, 0.1) is 4.34 Å². The number of rotatable bonds is 8. The first kappa shape index (κ1) is 23.0. The van der Waals surface area contributed by atoms with Crippen LogP contribution in [0.3, 0.4) is 0 Å². The van der Waals surface area contributed by atoms with Crippen LogP contribution in [0.15, 0.2) is 16.3 Å². The summed E-state index contributed by atoms with van der Waals surface area (Å²) in [6.07, 6.45) is 6.32. The molecule has 0 unspecified atom stereocenters. The predicted octanol–water partition coefficient (Wildman–Crippen LogP) is 3.43. The van der Waals surface area contributed by atoms with Gasteiger partial charge in [0.15, 0.2) is 0 Å². The number of carbonyl (C=O) groups excluding carboxylic acids is 1. The van der Waals surface area contributed by atoms with Crippen molar-refractivity contribution in [3.05, 3.63) is 16.5 Å². The summed E-state index contributed by atoms with van der Waals surface area (Å²) >= 11 is 6.98. The van der Waals surface area contributed by atoms with Gasteiger partial charge in [-0.15, -0.1) is 11.3 Å². The maximum absolute atomic E-state index is 12.7. The van der Waals surface area contributed by atoms with E-state index in [0.29, 0.717) is 41.0 Å². The van der Waals surface area contributed by atoms with Crippen molar-refractivity contribution in [3.63, 3.8) is 0 Å². The van der Waals surface area contributed by atoms with Crippen molar-refractivity contribution in [2.75, 3.05) is 39.3 Å². The van der Waals surface area contributed by atoms with Gasteiger partial charge in [0, 0.05) is 25.6 Å². The molecule has 1 atom stereocenters. The second-order valence-electron chi connectivity index (χ2n) is 8.14. The SMILES string of the molecule is C[C@H](C(=O)NCCCN1CCCCC1)C1CCN(S(=O)(=O)c2ccc(Cl)s2)CC1. The van der Waals surface area contributed by atoms with Crippen LogP contribution in [0.25, 0.3) is 0 Å². The first-order chi connectivity index (χ1) is 13.9. The van der Waals surface area contributed by atoms with E-state index >= 15 is 0 Å². The molecule has 0 spiro atoms. The van der Waals surface area contributed by atoms with Crippen molar-refractivity contribution >= 4 is 38.9 Å². The molecule has 29 heavy (non-hydrogen) atoms. The number of thiophene rings is 1. The molecule has 2 fully saturated rings. The highest BCUT2D eigenvalue weighted by Crippen LogP contribution is 2.32. The van der Waals surface area contributed by atoms with Crippen LogP contribution in [0.2, 0.25) is 4.34 Å². The van der Waals surface area contributed by atoms with Gasteiger partial charge >= 0.3 is 0 Å². The third-order valence-electron chi connectivity index (χ3n) is 6.16. The summed E-state index contributed by atoms with van der Waals surface area (Å²) in [6.45, 7) is 7.01. The quantitative estimate of drug-likeness (QED) is 0.602. The zero-order valence-corrected chi connectivity index (χ0v) is 19.5. The van der Waals surface area contributed by atoms with E-state index in [2.05, 4.69) is 10.2 Å². The highest BCUT2D eigenvalue weighted by molar-refractivity contribution is 7.91. The van der Waals surface area contributed by atoms with E-state index in [1.807, 2.05) is 6.92 Å². The molecule has 1 aromatic rings. The van der Waals surface area contributed by atoms with Gasteiger partial charge in [-0.2, -0.15) is 4.31 Å². The Labute approximate surface area is 183 Å². The molecular formula is C20H32ClN3O3S2. The fraction of sp³-hybridized carbons (Fsp3) is 0.750. The average Bonchev–Trinajstić information content (AvgIpc) is 3.18. The lowest BCUT2D eigenvalue weighted by molar-refractivity contribution is -0.126. The lowest BCUT2D eigenvalue weighted by atomic mass is 9.85. The molecule has 1 N–H and O–H groups in total. The largest absolute Gasteiger partial charge is 0.356 e. The molecule has 2 aliphatic rings. The van der Waals surface area contributed by atoms with E-state index in [9.17, 15) is 13.2 Å². The molecule has 164 valence electrons. The number of piperidine rings is 2. The summed E-state index contributed by atoms with van der Waals surface area (Å²) < 4.78 is 27.7. The van der Waals surface area contributed by atoms with Crippen molar-refractivity contribution in [2.45, 2.75) is 49.7 Å². The van der Waals surface area contributed by atoms with Crippen molar-refractivity contribution in [1.29, 1.82) is 0 Å². The molecule has 2 aliphatic heterocycles. The van der Waals surface area contributed by atoms with Gasteiger partial charge in [0.25, 0.3) is 10.0 Å². The molecule has 0 aromatic carbocycles. The Hall–Kier alpha value is -0.670. The monoisotopic (exact) mass is 461 g/mol. The lowest BCUT2D eigenvalue weighted by Gasteiger charge is -2.33. The van der Waals surface area contributed by atoms with Gasteiger partial charge in [-0.1, -0.05) is 24.9 Å². The molecule has 6 nitrogen and oxygen atoms in total. The zero-order valence-electron chi connectivity index (χ0n) is 17.1. The molecule has 0 aliphatic carbocycles. The number of likely N-dealkylation sites (tertiary alicyclic amines) is 1. The second kappa shape index (κ2) is 10.6. The Balaban J connectivity index is 1.39. The first-order valence-electron chi connectivity index (χ1n) is 10.6. The Morgan fingerprint density at radius 3 is 2.52 bits per heavy atom. The van der Waals surface area contributed by atoms with Crippen LogP contribution in [-0.4, -0.2) is 62.8 Å². The van der Waals surface area contributed by atoms with Crippen molar-refractivity contribution < 1.29 is 13.2 Å². The molecule has 3 rings (SSSR count). The second-order valence-corrected chi connectivity index (χ2v) is 12.0. The van der Waals surface area contributed by atoms with E-state index in [-0.39, 0.29) is 17.7 Å². The molecule has 2 saturated heterocycles. The summed E-state index contributed by atoms with van der Waals surface area (Å²) in [5.74, 6) is 0.219. The molecule has 0 saturated carbocycles. The van der Waals surface area contributed by atoms with Crippen molar-refractivity contribution in [2.24, 2.45) is 11.8 Å². The summed E-state index contributed by atoms with van der Waals surface area (Å²) in [7, 11) is -3.48. The van der Waals surface area contributed by atoms with Gasteiger partial charge in [-0.3, -0.25) is 4.79 Å². The van der Waals surface area contributed by atoms with Gasteiger partial charge in [-0.25, -0.2) is 8.42 Å². The van der Waals surface area contributed by atoms with Crippen LogP contribution in [0.4, 0.5) is 0 Å². The number of nitrogens with one attached hydrogen (secondary N) is 1. The predicted molar refractivity (Wildman–Crippen MR) is 118 cm³/mol. The van der Waals surface area contributed by atoms with Crippen LogP contribution >= 0.6 is 22.9 Å². The molecule has 1 amide bonds. The van der Waals surface area contributed by atoms with E-state index in [4.69, 9.17) is 11.6 Å². The molecule has 3 heterocycles. The van der Waals surface area contributed by atoms with Crippen molar-refractivity contribution in [1.82, 2.24) is 14.5 Å². The van der Waals surface area contributed by atoms with Crippen LogP contribution in [0.1, 0.15) is 45.4 Å². The Bertz CT molecular complexity index is 770. The number of hydrogen-bond acceptors (Lipinski definition) is 5. The Kier molecular flexibility index (Phi) is 8.39. The van der Waals surface area contributed by atoms with E-state index in [1.165, 1.54) is 36.7 Å². The smallest absolute Gasteiger partial charge is 0.252 e. The molecular weight excluding hydrogens is 430 g/mol. The summed E-state index contributed by atoms with van der Waals surface area (Å²) in [5.41, 5.74) is 0. The number of sulfonamides is 1. The van der Waals surface area contributed by atoms with Crippen LogP contribution < -0.4 is 5.32 Å². The summed E-state index contributed by atoms with van der Waals surface area (Å²) in [6, 6.07) is 3.18. The Morgan fingerprint density at radius 2 is 1.90 bits per heavy atom. The maximum Gasteiger partial charge on any atom is 0.252 e. The number of amides is 1. The fourth-order valence-corrected chi connectivity index (χ4v) is 7.36. The molecule has 9 heteroatoms. The minimum atomic E-state index is -3.48.